The van der Waals surface area contributed by atoms with Crippen LogP contribution >= 0.6 is 12.2 Å². The second-order valence-corrected chi connectivity index (χ2v) is 9.55. The van der Waals surface area contributed by atoms with E-state index < -0.39 is 10.8 Å². The molecule has 3 aromatic rings. The molecule has 0 aliphatic rings. The van der Waals surface area contributed by atoms with Gasteiger partial charge in [-0.05, 0) is 72.6 Å². The van der Waals surface area contributed by atoms with Gasteiger partial charge in [0.1, 0.15) is 0 Å². The lowest BCUT2D eigenvalue weighted by Gasteiger charge is -2.19. The molecule has 0 atom stereocenters. The summed E-state index contributed by atoms with van der Waals surface area (Å²) in [5.74, 6) is -0.800. The van der Waals surface area contributed by atoms with Crippen molar-refractivity contribution in [2.45, 2.75) is 33.1 Å². The minimum Gasteiger partial charge on any atom is -0.487 e. The van der Waals surface area contributed by atoms with Gasteiger partial charge < -0.3 is 15.4 Å². The lowest BCUT2D eigenvalue weighted by atomic mass is 9.87. The third-order valence-corrected chi connectivity index (χ3v) is 5.54. The first-order valence-electron chi connectivity index (χ1n) is 11.5. The number of rotatable bonds is 7. The summed E-state index contributed by atoms with van der Waals surface area (Å²) < 4.78 is 5.24. The summed E-state index contributed by atoms with van der Waals surface area (Å²) in [5.41, 5.74) is 2.45. The molecule has 0 aliphatic carbocycles. The van der Waals surface area contributed by atoms with Crippen LogP contribution < -0.4 is 20.7 Å². The minimum absolute atomic E-state index is 0.00944. The molecule has 0 aliphatic heterocycles. The van der Waals surface area contributed by atoms with Gasteiger partial charge in [0, 0.05) is 28.6 Å². The standard InChI is InChI=1S/C27H28N4O5S/c1-5-36-23-14-11-18(15-22(23)31(34)35)25(33)30-26(37)29-21-8-6-7-20(16-21)28-24(32)17-9-12-19(13-10-17)27(2,3)4/h6-16H,5H2,1-4H3,(H,28,32)(H2,29,30,33,37). The van der Waals surface area contributed by atoms with Crippen molar-refractivity contribution < 1.29 is 19.2 Å². The van der Waals surface area contributed by atoms with Crippen LogP contribution in [-0.4, -0.2) is 28.5 Å². The van der Waals surface area contributed by atoms with Gasteiger partial charge in [-0.25, -0.2) is 0 Å². The fourth-order valence-electron chi connectivity index (χ4n) is 3.42. The molecule has 0 unspecified atom stereocenters. The molecule has 37 heavy (non-hydrogen) atoms. The summed E-state index contributed by atoms with van der Waals surface area (Å²) >= 11 is 5.22. The van der Waals surface area contributed by atoms with Crippen molar-refractivity contribution in [2.75, 3.05) is 17.2 Å². The largest absolute Gasteiger partial charge is 0.487 e. The summed E-state index contributed by atoms with van der Waals surface area (Å²) in [6, 6.07) is 18.2. The highest BCUT2D eigenvalue weighted by Gasteiger charge is 2.19. The zero-order valence-corrected chi connectivity index (χ0v) is 21.8. The molecule has 0 spiro atoms. The Kier molecular flexibility index (Phi) is 8.56. The SMILES string of the molecule is CCOc1ccc(C(=O)NC(=S)Nc2cccc(NC(=O)c3ccc(C(C)(C)C)cc3)c2)cc1[N+](=O)[O-]. The Balaban J connectivity index is 1.63. The van der Waals surface area contributed by atoms with E-state index >= 15 is 0 Å². The molecule has 0 fully saturated rings. The van der Waals surface area contributed by atoms with Crippen LogP contribution in [0.2, 0.25) is 0 Å². The predicted octanol–water partition coefficient (Wildman–Crippen LogP) is 5.67. The molecule has 192 valence electrons. The quantitative estimate of drug-likeness (QED) is 0.208. The van der Waals surface area contributed by atoms with Crippen molar-refractivity contribution in [2.24, 2.45) is 0 Å². The van der Waals surface area contributed by atoms with Crippen LogP contribution in [0.5, 0.6) is 5.75 Å². The van der Waals surface area contributed by atoms with E-state index in [0.29, 0.717) is 16.9 Å². The molecule has 0 saturated carbocycles. The van der Waals surface area contributed by atoms with E-state index in [1.165, 1.54) is 12.1 Å². The van der Waals surface area contributed by atoms with E-state index in [1.807, 2.05) is 12.1 Å². The average Bonchev–Trinajstić information content (AvgIpc) is 2.84. The Morgan fingerprint density at radius 3 is 2.14 bits per heavy atom. The average molecular weight is 521 g/mol. The number of ether oxygens (including phenoxy) is 1. The van der Waals surface area contributed by atoms with E-state index in [9.17, 15) is 19.7 Å². The van der Waals surface area contributed by atoms with Crippen molar-refractivity contribution in [3.05, 3.63) is 93.5 Å². The van der Waals surface area contributed by atoms with Crippen LogP contribution in [0.1, 0.15) is 54.0 Å². The van der Waals surface area contributed by atoms with Gasteiger partial charge in [-0.1, -0.05) is 39.0 Å². The molecular weight excluding hydrogens is 492 g/mol. The Morgan fingerprint density at radius 2 is 1.54 bits per heavy atom. The number of benzene rings is 3. The highest BCUT2D eigenvalue weighted by Crippen LogP contribution is 2.28. The van der Waals surface area contributed by atoms with Gasteiger partial charge in [0.15, 0.2) is 10.9 Å². The number of amides is 2. The Bertz CT molecular complexity index is 1330. The van der Waals surface area contributed by atoms with Gasteiger partial charge >= 0.3 is 5.69 Å². The van der Waals surface area contributed by atoms with Crippen molar-refractivity contribution >= 4 is 46.2 Å². The number of hydrogen-bond donors (Lipinski definition) is 3. The number of nitro groups is 1. The van der Waals surface area contributed by atoms with Gasteiger partial charge in [-0.2, -0.15) is 0 Å². The minimum atomic E-state index is -0.619. The number of carbonyl (C=O) groups is 2. The molecule has 0 saturated heterocycles. The van der Waals surface area contributed by atoms with Crippen LogP contribution in [-0.2, 0) is 5.41 Å². The number of nitrogens with one attached hydrogen (secondary N) is 3. The van der Waals surface area contributed by atoms with Gasteiger partial charge in [-0.3, -0.25) is 25.0 Å². The second-order valence-electron chi connectivity index (χ2n) is 9.14. The zero-order chi connectivity index (χ0) is 27.2. The van der Waals surface area contributed by atoms with E-state index in [0.717, 1.165) is 11.6 Å². The molecule has 10 heteroatoms. The molecule has 3 rings (SSSR count). The van der Waals surface area contributed by atoms with Crippen LogP contribution in [0, 0.1) is 10.1 Å². The topological polar surface area (TPSA) is 123 Å². The smallest absolute Gasteiger partial charge is 0.311 e. The molecule has 2 amide bonds. The number of nitrogens with zero attached hydrogens (tertiary/aromatic N) is 1. The maximum Gasteiger partial charge on any atom is 0.311 e. The lowest BCUT2D eigenvalue weighted by Crippen LogP contribution is -2.34. The normalized spacial score (nSPS) is 10.8. The molecule has 0 bridgehead atoms. The molecule has 3 aromatic carbocycles. The monoisotopic (exact) mass is 520 g/mol. The van der Waals surface area contributed by atoms with E-state index in [-0.39, 0.29) is 40.0 Å². The maximum atomic E-state index is 12.7. The number of thiocarbonyl (C=S) groups is 1. The van der Waals surface area contributed by atoms with Crippen LogP contribution in [0.3, 0.4) is 0 Å². The van der Waals surface area contributed by atoms with Crippen LogP contribution in [0.25, 0.3) is 0 Å². The van der Waals surface area contributed by atoms with Crippen molar-refractivity contribution in [3.63, 3.8) is 0 Å². The van der Waals surface area contributed by atoms with Crippen LogP contribution in [0.4, 0.5) is 17.1 Å². The summed E-state index contributed by atoms with van der Waals surface area (Å²) in [6.07, 6.45) is 0. The molecular formula is C27H28N4O5S. The molecule has 0 radical (unpaired) electrons. The highest BCUT2D eigenvalue weighted by molar-refractivity contribution is 7.80. The Hall–Kier alpha value is -4.31. The fourth-order valence-corrected chi connectivity index (χ4v) is 3.63. The third-order valence-electron chi connectivity index (χ3n) is 5.34. The van der Waals surface area contributed by atoms with Gasteiger partial charge in [0.25, 0.3) is 11.8 Å². The molecule has 0 aromatic heterocycles. The maximum absolute atomic E-state index is 12.7. The Labute approximate surface area is 220 Å². The predicted molar refractivity (Wildman–Crippen MR) is 147 cm³/mol. The molecule has 3 N–H and O–H groups in total. The number of carbonyl (C=O) groups excluding carboxylic acids is 2. The first-order valence-corrected chi connectivity index (χ1v) is 11.9. The summed E-state index contributed by atoms with van der Waals surface area (Å²) in [4.78, 5) is 36.0. The van der Waals surface area contributed by atoms with Crippen LogP contribution in [0.15, 0.2) is 66.7 Å². The summed E-state index contributed by atoms with van der Waals surface area (Å²) in [5, 5.41) is 19.5. The van der Waals surface area contributed by atoms with Gasteiger partial charge in [0.05, 0.1) is 11.5 Å². The summed E-state index contributed by atoms with van der Waals surface area (Å²) in [7, 11) is 0. The second kappa shape index (κ2) is 11.6. The van der Waals surface area contributed by atoms with E-state index in [4.69, 9.17) is 17.0 Å². The molecule has 0 heterocycles. The summed E-state index contributed by atoms with van der Waals surface area (Å²) in [6.45, 7) is 8.28. The van der Waals surface area contributed by atoms with Gasteiger partial charge in [-0.15, -0.1) is 0 Å². The number of hydrogen-bond acceptors (Lipinski definition) is 6. The fraction of sp³-hybridized carbons (Fsp3) is 0.222. The van der Waals surface area contributed by atoms with Gasteiger partial charge in [0.2, 0.25) is 0 Å². The third kappa shape index (κ3) is 7.34. The highest BCUT2D eigenvalue weighted by atomic mass is 32.1. The Morgan fingerprint density at radius 1 is 0.919 bits per heavy atom. The lowest BCUT2D eigenvalue weighted by molar-refractivity contribution is -0.385. The first-order chi connectivity index (χ1) is 17.5. The van der Waals surface area contributed by atoms with E-state index in [2.05, 4.69) is 36.7 Å². The van der Waals surface area contributed by atoms with Crippen molar-refractivity contribution in [1.29, 1.82) is 0 Å². The van der Waals surface area contributed by atoms with Crippen molar-refractivity contribution in [3.8, 4) is 5.75 Å². The van der Waals surface area contributed by atoms with E-state index in [1.54, 1.807) is 43.3 Å². The first kappa shape index (κ1) is 27.3. The zero-order valence-electron chi connectivity index (χ0n) is 21.0. The molecule has 9 nitrogen and oxygen atoms in total. The number of nitro benzene ring substituents is 1. The van der Waals surface area contributed by atoms with Crippen molar-refractivity contribution in [1.82, 2.24) is 5.32 Å². The number of anilines is 2.